The Balaban J connectivity index is 0.000000845. The van der Waals surface area contributed by atoms with Crippen LogP contribution in [-0.4, -0.2) is 29.5 Å². The lowest BCUT2D eigenvalue weighted by Gasteiger charge is -2.22. The average Bonchev–Trinajstić information content (AvgIpc) is 2.54. The van der Waals surface area contributed by atoms with E-state index in [1.807, 2.05) is 19.4 Å². The number of nitrogens with one attached hydrogen (secondary N) is 1. The Labute approximate surface area is 95.8 Å². The van der Waals surface area contributed by atoms with Gasteiger partial charge in [-0.25, -0.2) is 0 Å². The van der Waals surface area contributed by atoms with Gasteiger partial charge in [0.2, 0.25) is 0 Å². The van der Waals surface area contributed by atoms with Crippen LogP contribution in [0.25, 0.3) is 0 Å². The summed E-state index contributed by atoms with van der Waals surface area (Å²) in [6, 6.07) is 0. The normalized spacial score (nSPS) is 20.8. The molecule has 1 N–H and O–H groups in total. The van der Waals surface area contributed by atoms with Crippen molar-refractivity contribution in [2.24, 2.45) is 7.05 Å². The largest absolute Gasteiger partial charge is 0.371 e. The second-order valence-corrected chi connectivity index (χ2v) is 3.01. The van der Waals surface area contributed by atoms with Crippen molar-refractivity contribution in [3.05, 3.63) is 18.0 Å². The van der Waals surface area contributed by atoms with Gasteiger partial charge in [0.1, 0.15) is 0 Å². The molecule has 0 amide bonds. The second kappa shape index (κ2) is 6.24. The topological polar surface area (TPSA) is 39.1 Å². The van der Waals surface area contributed by atoms with Crippen molar-refractivity contribution >= 4 is 24.8 Å². The first-order valence-corrected chi connectivity index (χ1v) is 4.17. The van der Waals surface area contributed by atoms with E-state index in [0.717, 1.165) is 25.3 Å². The van der Waals surface area contributed by atoms with Crippen LogP contribution < -0.4 is 5.32 Å². The van der Waals surface area contributed by atoms with Crippen molar-refractivity contribution < 1.29 is 4.74 Å². The number of hydrogen-bond acceptors (Lipinski definition) is 3. The number of aryl methyl sites for hydroxylation is 1. The van der Waals surface area contributed by atoms with Crippen LogP contribution >= 0.6 is 24.8 Å². The van der Waals surface area contributed by atoms with Gasteiger partial charge in [0.05, 0.1) is 18.9 Å². The van der Waals surface area contributed by atoms with Crippen LogP contribution in [0.1, 0.15) is 11.7 Å². The van der Waals surface area contributed by atoms with Gasteiger partial charge in [-0.15, -0.1) is 24.8 Å². The minimum absolute atomic E-state index is 0. The molecule has 0 bridgehead atoms. The van der Waals surface area contributed by atoms with Crippen LogP contribution in [-0.2, 0) is 11.8 Å². The lowest BCUT2D eigenvalue weighted by atomic mass is 10.2. The van der Waals surface area contributed by atoms with Gasteiger partial charge in [-0.3, -0.25) is 4.68 Å². The standard InChI is InChI=1S/C8H13N3O.2ClH/c1-11-6-7(4-10-11)8-5-9-2-3-12-8;;/h4,6,8-9H,2-3,5H2,1H3;2*1H. The van der Waals surface area contributed by atoms with Gasteiger partial charge in [-0.2, -0.15) is 5.10 Å². The molecule has 6 heteroatoms. The average molecular weight is 240 g/mol. The highest BCUT2D eigenvalue weighted by Gasteiger charge is 2.16. The first-order chi connectivity index (χ1) is 5.86. The van der Waals surface area contributed by atoms with Crippen molar-refractivity contribution in [2.75, 3.05) is 19.7 Å². The fourth-order valence-electron chi connectivity index (χ4n) is 1.39. The van der Waals surface area contributed by atoms with Crippen LogP contribution in [0.5, 0.6) is 0 Å². The van der Waals surface area contributed by atoms with Crippen molar-refractivity contribution in [3.8, 4) is 0 Å². The Kier molecular flexibility index (Phi) is 6.11. The number of nitrogens with zero attached hydrogens (tertiary/aromatic N) is 2. The molecule has 1 saturated heterocycles. The Hall–Kier alpha value is -0.290. The summed E-state index contributed by atoms with van der Waals surface area (Å²) < 4.78 is 7.36. The van der Waals surface area contributed by atoms with Crippen molar-refractivity contribution in [1.29, 1.82) is 0 Å². The zero-order chi connectivity index (χ0) is 8.39. The fraction of sp³-hybridized carbons (Fsp3) is 0.625. The quantitative estimate of drug-likeness (QED) is 0.793. The summed E-state index contributed by atoms with van der Waals surface area (Å²) in [5.41, 5.74) is 1.16. The molecule has 0 aliphatic carbocycles. The van der Waals surface area contributed by atoms with Gasteiger partial charge in [-0.1, -0.05) is 0 Å². The minimum Gasteiger partial charge on any atom is -0.371 e. The molecule has 0 radical (unpaired) electrons. The molecule has 1 aromatic rings. The predicted molar refractivity (Wildman–Crippen MR) is 59.3 cm³/mol. The third-order valence-electron chi connectivity index (χ3n) is 2.02. The maximum Gasteiger partial charge on any atom is 0.0980 e. The van der Waals surface area contributed by atoms with E-state index < -0.39 is 0 Å². The van der Waals surface area contributed by atoms with E-state index in [4.69, 9.17) is 4.74 Å². The van der Waals surface area contributed by atoms with Crippen LogP contribution in [0.2, 0.25) is 0 Å². The van der Waals surface area contributed by atoms with E-state index in [0.29, 0.717) is 0 Å². The van der Waals surface area contributed by atoms with Crippen LogP contribution in [0.3, 0.4) is 0 Å². The summed E-state index contributed by atoms with van der Waals surface area (Å²) in [5, 5.41) is 7.38. The lowest BCUT2D eigenvalue weighted by Crippen LogP contribution is -2.33. The highest BCUT2D eigenvalue weighted by Crippen LogP contribution is 2.16. The van der Waals surface area contributed by atoms with E-state index in [9.17, 15) is 0 Å². The van der Waals surface area contributed by atoms with Crippen molar-refractivity contribution in [2.45, 2.75) is 6.10 Å². The summed E-state index contributed by atoms with van der Waals surface area (Å²) in [6.07, 6.45) is 4.04. The molecule has 2 rings (SSSR count). The molecule has 1 atom stereocenters. The Morgan fingerprint density at radius 1 is 1.57 bits per heavy atom. The Bertz CT molecular complexity index is 261. The smallest absolute Gasteiger partial charge is 0.0980 e. The SMILES string of the molecule is Cl.Cl.Cn1cc(C2CNCCO2)cn1. The Morgan fingerprint density at radius 2 is 2.36 bits per heavy atom. The van der Waals surface area contributed by atoms with E-state index in [2.05, 4.69) is 10.4 Å². The maximum absolute atomic E-state index is 5.56. The van der Waals surface area contributed by atoms with Crippen LogP contribution in [0.15, 0.2) is 12.4 Å². The van der Waals surface area contributed by atoms with E-state index in [1.54, 1.807) is 4.68 Å². The summed E-state index contributed by atoms with van der Waals surface area (Å²) >= 11 is 0. The summed E-state index contributed by atoms with van der Waals surface area (Å²) in [5.74, 6) is 0. The van der Waals surface area contributed by atoms with E-state index in [-0.39, 0.29) is 30.9 Å². The molecule has 1 fully saturated rings. The number of rotatable bonds is 1. The molecule has 1 unspecified atom stereocenters. The number of aromatic nitrogens is 2. The molecular formula is C8H15Cl2N3O. The van der Waals surface area contributed by atoms with Gasteiger partial charge in [0.15, 0.2) is 0 Å². The van der Waals surface area contributed by atoms with Crippen LogP contribution in [0, 0.1) is 0 Å². The summed E-state index contributed by atoms with van der Waals surface area (Å²) in [7, 11) is 1.92. The molecular weight excluding hydrogens is 225 g/mol. The molecule has 1 aliphatic rings. The first kappa shape index (κ1) is 13.7. The second-order valence-electron chi connectivity index (χ2n) is 3.01. The molecule has 14 heavy (non-hydrogen) atoms. The van der Waals surface area contributed by atoms with E-state index in [1.165, 1.54) is 0 Å². The summed E-state index contributed by atoms with van der Waals surface area (Å²) in [4.78, 5) is 0. The highest BCUT2D eigenvalue weighted by molar-refractivity contribution is 5.85. The van der Waals surface area contributed by atoms with Gasteiger partial charge in [0, 0.05) is 31.9 Å². The monoisotopic (exact) mass is 239 g/mol. The first-order valence-electron chi connectivity index (χ1n) is 4.17. The minimum atomic E-state index is 0. The fourth-order valence-corrected chi connectivity index (χ4v) is 1.39. The molecule has 1 aliphatic heterocycles. The van der Waals surface area contributed by atoms with Gasteiger partial charge in [-0.05, 0) is 0 Å². The number of morpholine rings is 1. The Morgan fingerprint density at radius 3 is 2.86 bits per heavy atom. The zero-order valence-corrected chi connectivity index (χ0v) is 9.61. The van der Waals surface area contributed by atoms with Gasteiger partial charge >= 0.3 is 0 Å². The maximum atomic E-state index is 5.56. The van der Waals surface area contributed by atoms with Crippen LogP contribution in [0.4, 0.5) is 0 Å². The third-order valence-corrected chi connectivity index (χ3v) is 2.02. The van der Waals surface area contributed by atoms with Crippen molar-refractivity contribution in [1.82, 2.24) is 15.1 Å². The van der Waals surface area contributed by atoms with Gasteiger partial charge in [0.25, 0.3) is 0 Å². The lowest BCUT2D eigenvalue weighted by molar-refractivity contribution is 0.0276. The molecule has 2 heterocycles. The number of ether oxygens (including phenoxy) is 1. The third kappa shape index (κ3) is 3.13. The molecule has 82 valence electrons. The molecule has 1 aromatic heterocycles. The molecule has 0 saturated carbocycles. The number of halogens is 2. The predicted octanol–water partition coefficient (Wildman–Crippen LogP) is 0.925. The molecule has 0 aromatic carbocycles. The molecule has 0 spiro atoms. The van der Waals surface area contributed by atoms with Crippen molar-refractivity contribution in [3.63, 3.8) is 0 Å². The summed E-state index contributed by atoms with van der Waals surface area (Å²) in [6.45, 7) is 2.64. The number of hydrogen-bond donors (Lipinski definition) is 1. The van der Waals surface area contributed by atoms with E-state index >= 15 is 0 Å². The van der Waals surface area contributed by atoms with Gasteiger partial charge < -0.3 is 10.1 Å². The zero-order valence-electron chi connectivity index (χ0n) is 7.97. The highest BCUT2D eigenvalue weighted by atomic mass is 35.5. The molecule has 4 nitrogen and oxygen atoms in total.